The van der Waals surface area contributed by atoms with Crippen molar-refractivity contribution in [1.82, 2.24) is 0 Å². The number of ether oxygens (including phenoxy) is 1. The minimum atomic E-state index is -1.56. The Morgan fingerprint density at radius 3 is 2.74 bits per heavy atom. The predicted molar refractivity (Wildman–Crippen MR) is 69.3 cm³/mol. The number of benzene rings is 1. The highest BCUT2D eigenvalue weighted by molar-refractivity contribution is 5.90. The molecule has 2 rings (SSSR count). The van der Waals surface area contributed by atoms with Gasteiger partial charge in [-0.1, -0.05) is 30.3 Å². The number of carbonyl (C=O) groups is 2. The molecule has 1 aliphatic carbocycles. The van der Waals surface area contributed by atoms with Crippen LogP contribution in [0.4, 0.5) is 0 Å². The average molecular weight is 262 g/mol. The Labute approximate surface area is 112 Å². The van der Waals surface area contributed by atoms with E-state index in [1.54, 1.807) is 31.2 Å². The van der Waals surface area contributed by atoms with E-state index in [0.29, 0.717) is 18.6 Å². The van der Waals surface area contributed by atoms with E-state index in [0.717, 1.165) is 0 Å². The molecule has 1 aromatic carbocycles. The lowest BCUT2D eigenvalue weighted by Crippen LogP contribution is -2.43. The summed E-state index contributed by atoms with van der Waals surface area (Å²) in [7, 11) is 0. The summed E-state index contributed by atoms with van der Waals surface area (Å²) in [4.78, 5) is 23.8. The van der Waals surface area contributed by atoms with Crippen molar-refractivity contribution in [3.63, 3.8) is 0 Å². The molecule has 19 heavy (non-hydrogen) atoms. The summed E-state index contributed by atoms with van der Waals surface area (Å²) in [5.41, 5.74) is -1.01. The fraction of sp³-hybridized carbons (Fsp3) is 0.467. The first-order valence-corrected chi connectivity index (χ1v) is 6.55. The molecule has 1 fully saturated rings. The Hall–Kier alpha value is -1.68. The highest BCUT2D eigenvalue weighted by Crippen LogP contribution is 2.37. The van der Waals surface area contributed by atoms with Gasteiger partial charge < -0.3 is 9.84 Å². The van der Waals surface area contributed by atoms with Crippen LogP contribution in [0.15, 0.2) is 30.3 Å². The van der Waals surface area contributed by atoms with Crippen LogP contribution >= 0.6 is 0 Å². The molecular weight excluding hydrogens is 244 g/mol. The van der Waals surface area contributed by atoms with Crippen molar-refractivity contribution in [3.8, 4) is 0 Å². The fourth-order valence-corrected chi connectivity index (χ4v) is 2.54. The fourth-order valence-electron chi connectivity index (χ4n) is 2.54. The van der Waals surface area contributed by atoms with E-state index in [4.69, 9.17) is 4.74 Å². The molecule has 1 aromatic rings. The number of esters is 1. The van der Waals surface area contributed by atoms with Gasteiger partial charge in [0, 0.05) is 12.8 Å². The van der Waals surface area contributed by atoms with Gasteiger partial charge in [-0.05, 0) is 18.9 Å². The summed E-state index contributed by atoms with van der Waals surface area (Å²) in [6.07, 6.45) is 0.760. The van der Waals surface area contributed by atoms with Gasteiger partial charge in [0.2, 0.25) is 0 Å². The van der Waals surface area contributed by atoms with Crippen molar-refractivity contribution in [1.29, 1.82) is 0 Å². The lowest BCUT2D eigenvalue weighted by molar-refractivity contribution is -0.158. The second-order valence-electron chi connectivity index (χ2n) is 4.84. The van der Waals surface area contributed by atoms with Gasteiger partial charge in [-0.2, -0.15) is 0 Å². The normalized spacial score (nSPS) is 27.1. The molecule has 0 saturated heterocycles. The van der Waals surface area contributed by atoms with Crippen LogP contribution in [-0.2, 0) is 19.9 Å². The molecular formula is C15H18O4. The lowest BCUT2D eigenvalue weighted by atomic mass is 9.73. The zero-order valence-electron chi connectivity index (χ0n) is 11.0. The van der Waals surface area contributed by atoms with Crippen LogP contribution in [-0.4, -0.2) is 23.5 Å². The third-order valence-electron chi connectivity index (χ3n) is 3.59. The van der Waals surface area contributed by atoms with E-state index < -0.39 is 11.5 Å². The van der Waals surface area contributed by atoms with Crippen LogP contribution in [0.2, 0.25) is 0 Å². The molecule has 1 saturated carbocycles. The largest absolute Gasteiger partial charge is 0.466 e. The summed E-state index contributed by atoms with van der Waals surface area (Å²) >= 11 is 0. The molecule has 0 amide bonds. The number of rotatable bonds is 3. The molecule has 0 aliphatic heterocycles. The molecule has 2 atom stereocenters. The van der Waals surface area contributed by atoms with Crippen LogP contribution in [0, 0.1) is 5.92 Å². The van der Waals surface area contributed by atoms with Gasteiger partial charge in [-0.25, -0.2) is 0 Å². The van der Waals surface area contributed by atoms with E-state index in [1.165, 1.54) is 0 Å². The third kappa shape index (κ3) is 2.68. The molecule has 0 spiro atoms. The SMILES string of the molecule is CCOC(=O)[C@@H]1CCC(=O)[C@@](O)(c2ccccc2)C1. The molecule has 0 bridgehead atoms. The first-order valence-electron chi connectivity index (χ1n) is 6.55. The van der Waals surface area contributed by atoms with Crippen LogP contribution in [0.1, 0.15) is 31.7 Å². The molecule has 1 N–H and O–H groups in total. The summed E-state index contributed by atoms with van der Waals surface area (Å²) in [5.74, 6) is -0.966. The minimum absolute atomic E-state index is 0.106. The zero-order chi connectivity index (χ0) is 13.9. The Morgan fingerprint density at radius 2 is 2.11 bits per heavy atom. The van der Waals surface area contributed by atoms with Crippen LogP contribution < -0.4 is 0 Å². The van der Waals surface area contributed by atoms with E-state index in [9.17, 15) is 14.7 Å². The second kappa shape index (κ2) is 5.53. The topological polar surface area (TPSA) is 63.6 Å². The standard InChI is InChI=1S/C15H18O4/c1-2-19-14(17)11-8-9-13(16)15(18,10-11)12-6-4-3-5-7-12/h3-7,11,18H,2,8-10H2,1H3/t11-,15+/m1/s1. The quantitative estimate of drug-likeness (QED) is 0.844. The Kier molecular flexibility index (Phi) is 4.00. The number of aliphatic hydroxyl groups is 1. The maximum absolute atomic E-state index is 12.0. The highest BCUT2D eigenvalue weighted by Gasteiger charge is 2.45. The maximum atomic E-state index is 12.0. The van der Waals surface area contributed by atoms with E-state index in [-0.39, 0.29) is 24.6 Å². The first kappa shape index (κ1) is 13.7. The average Bonchev–Trinajstić information content (AvgIpc) is 2.43. The highest BCUT2D eigenvalue weighted by atomic mass is 16.5. The van der Waals surface area contributed by atoms with E-state index in [2.05, 4.69) is 0 Å². The molecule has 0 aromatic heterocycles. The van der Waals surface area contributed by atoms with Gasteiger partial charge in [0.1, 0.15) is 5.60 Å². The number of ketones is 1. The molecule has 4 nitrogen and oxygen atoms in total. The Balaban J connectivity index is 2.23. The van der Waals surface area contributed by atoms with E-state index >= 15 is 0 Å². The molecule has 1 aliphatic rings. The Morgan fingerprint density at radius 1 is 1.42 bits per heavy atom. The van der Waals surface area contributed by atoms with Crippen molar-refractivity contribution in [3.05, 3.63) is 35.9 Å². The van der Waals surface area contributed by atoms with Gasteiger partial charge in [-0.15, -0.1) is 0 Å². The smallest absolute Gasteiger partial charge is 0.309 e. The van der Waals surface area contributed by atoms with E-state index in [1.807, 2.05) is 6.07 Å². The van der Waals surface area contributed by atoms with Crippen LogP contribution in [0.3, 0.4) is 0 Å². The van der Waals surface area contributed by atoms with Crippen molar-refractivity contribution in [2.45, 2.75) is 31.8 Å². The molecule has 0 radical (unpaired) electrons. The molecule has 102 valence electrons. The maximum Gasteiger partial charge on any atom is 0.309 e. The summed E-state index contributed by atoms with van der Waals surface area (Å²) in [6, 6.07) is 8.79. The third-order valence-corrected chi connectivity index (χ3v) is 3.59. The molecule has 0 unspecified atom stereocenters. The second-order valence-corrected chi connectivity index (χ2v) is 4.84. The summed E-state index contributed by atoms with van der Waals surface area (Å²) in [6.45, 7) is 2.06. The Bertz CT molecular complexity index is 468. The van der Waals surface area contributed by atoms with Crippen molar-refractivity contribution < 1.29 is 19.4 Å². The zero-order valence-corrected chi connectivity index (χ0v) is 11.0. The summed E-state index contributed by atoms with van der Waals surface area (Å²) < 4.78 is 4.98. The van der Waals surface area contributed by atoms with Gasteiger partial charge in [0.15, 0.2) is 5.78 Å². The number of Topliss-reactive ketones (excluding diaryl/α,β-unsaturated/α-hetero) is 1. The number of hydrogen-bond acceptors (Lipinski definition) is 4. The number of hydrogen-bond donors (Lipinski definition) is 1. The van der Waals surface area contributed by atoms with Gasteiger partial charge >= 0.3 is 5.97 Å². The number of carbonyl (C=O) groups excluding carboxylic acids is 2. The van der Waals surface area contributed by atoms with Crippen molar-refractivity contribution >= 4 is 11.8 Å². The molecule has 0 heterocycles. The van der Waals surface area contributed by atoms with Crippen molar-refractivity contribution in [2.24, 2.45) is 5.92 Å². The first-order chi connectivity index (χ1) is 9.08. The molecule has 4 heteroatoms. The minimum Gasteiger partial charge on any atom is -0.466 e. The summed E-state index contributed by atoms with van der Waals surface area (Å²) in [5, 5.41) is 10.6. The van der Waals surface area contributed by atoms with Gasteiger partial charge in [-0.3, -0.25) is 9.59 Å². The monoisotopic (exact) mass is 262 g/mol. The van der Waals surface area contributed by atoms with Crippen LogP contribution in [0.25, 0.3) is 0 Å². The van der Waals surface area contributed by atoms with Gasteiger partial charge in [0.05, 0.1) is 12.5 Å². The van der Waals surface area contributed by atoms with Crippen molar-refractivity contribution in [2.75, 3.05) is 6.61 Å². The lowest BCUT2D eigenvalue weighted by Gasteiger charge is -2.34. The predicted octanol–water partition coefficient (Wildman–Crippen LogP) is 1.81. The van der Waals surface area contributed by atoms with Crippen LogP contribution in [0.5, 0.6) is 0 Å². The van der Waals surface area contributed by atoms with Gasteiger partial charge in [0.25, 0.3) is 0 Å².